The molecule has 2 aliphatic rings. The van der Waals surface area contributed by atoms with Gasteiger partial charge in [-0.25, -0.2) is 0 Å². The van der Waals surface area contributed by atoms with E-state index in [-0.39, 0.29) is 0 Å². The van der Waals surface area contributed by atoms with E-state index in [0.717, 1.165) is 21.8 Å². The minimum absolute atomic E-state index is 0.348. The smallest absolute Gasteiger partial charge is 0.0249 e. The second-order valence-corrected chi connectivity index (χ2v) is 6.52. The molecule has 19 heavy (non-hydrogen) atoms. The van der Waals surface area contributed by atoms with Crippen LogP contribution in [0.25, 0.3) is 4.91 Å². The first kappa shape index (κ1) is 13.1. The normalized spacial score (nSPS) is 30.1. The first-order valence-corrected chi connectivity index (χ1v) is 7.57. The van der Waals surface area contributed by atoms with E-state index < -0.39 is 0 Å². The number of hydrogen-bond donors (Lipinski definition) is 2. The molecule has 98 valence electrons. The van der Waals surface area contributed by atoms with Crippen LogP contribution in [0.3, 0.4) is 0 Å². The molecule has 2 atom stereocenters. The van der Waals surface area contributed by atoms with E-state index in [1.807, 2.05) is 18.2 Å². The van der Waals surface area contributed by atoms with Gasteiger partial charge < -0.3 is 0 Å². The molecule has 0 saturated heterocycles. The van der Waals surface area contributed by atoms with Crippen LogP contribution in [0.4, 0.5) is 0 Å². The van der Waals surface area contributed by atoms with E-state index in [4.69, 9.17) is 12.6 Å². The molecule has 0 N–H and O–H groups in total. The van der Waals surface area contributed by atoms with Crippen LogP contribution >= 0.6 is 25.3 Å². The fourth-order valence-corrected chi connectivity index (χ4v) is 3.49. The summed E-state index contributed by atoms with van der Waals surface area (Å²) in [5, 5.41) is 0. The van der Waals surface area contributed by atoms with Gasteiger partial charge in [0.2, 0.25) is 0 Å². The largest absolute Gasteiger partial charge is 0.142 e. The summed E-state index contributed by atoms with van der Waals surface area (Å²) in [5.74, 6) is 0.615. The molecule has 1 aromatic rings. The Bertz CT molecular complexity index is 581. The zero-order valence-corrected chi connectivity index (χ0v) is 12.8. The number of rotatable bonds is 2. The van der Waals surface area contributed by atoms with E-state index in [9.17, 15) is 0 Å². The summed E-state index contributed by atoms with van der Waals surface area (Å²) in [6.45, 7) is 2.33. The van der Waals surface area contributed by atoms with Crippen LogP contribution < -0.4 is 0 Å². The lowest BCUT2D eigenvalue weighted by Crippen LogP contribution is -1.96. The number of benzene rings is 1. The number of fused-ring (bicyclic) bond motifs is 1. The van der Waals surface area contributed by atoms with Crippen LogP contribution in [-0.2, 0) is 0 Å². The highest BCUT2D eigenvalue weighted by Gasteiger charge is 2.50. The molecule has 0 spiro atoms. The predicted octanol–water partition coefficient (Wildman–Crippen LogP) is 5.13. The molecule has 1 aromatic carbocycles. The van der Waals surface area contributed by atoms with Crippen molar-refractivity contribution in [2.24, 2.45) is 11.3 Å². The Morgan fingerprint density at radius 2 is 1.89 bits per heavy atom. The van der Waals surface area contributed by atoms with Crippen molar-refractivity contribution >= 4 is 30.2 Å². The highest BCUT2D eigenvalue weighted by atomic mass is 32.1. The van der Waals surface area contributed by atoms with Crippen LogP contribution in [0.5, 0.6) is 0 Å². The van der Waals surface area contributed by atoms with Crippen LogP contribution in [0.1, 0.15) is 25.3 Å². The lowest BCUT2D eigenvalue weighted by Gasteiger charge is -2.12. The van der Waals surface area contributed by atoms with Crippen molar-refractivity contribution in [3.05, 3.63) is 64.6 Å². The van der Waals surface area contributed by atoms with E-state index in [0.29, 0.717) is 11.3 Å². The second kappa shape index (κ2) is 4.92. The highest BCUT2D eigenvalue weighted by Crippen LogP contribution is 2.60. The van der Waals surface area contributed by atoms with Gasteiger partial charge in [-0.15, -0.1) is 25.3 Å². The third-order valence-electron chi connectivity index (χ3n) is 4.17. The molecule has 0 heterocycles. The van der Waals surface area contributed by atoms with Crippen molar-refractivity contribution in [1.29, 1.82) is 0 Å². The molecule has 0 aliphatic heterocycles. The maximum Gasteiger partial charge on any atom is 0.0249 e. The zero-order chi connectivity index (χ0) is 13.5. The monoisotopic (exact) mass is 286 g/mol. The third kappa shape index (κ3) is 2.44. The van der Waals surface area contributed by atoms with Gasteiger partial charge >= 0.3 is 0 Å². The van der Waals surface area contributed by atoms with Crippen LogP contribution in [0, 0.1) is 11.3 Å². The molecule has 3 rings (SSSR count). The Labute approximate surface area is 126 Å². The van der Waals surface area contributed by atoms with Gasteiger partial charge in [-0.05, 0) is 35.3 Å². The van der Waals surface area contributed by atoms with E-state index >= 15 is 0 Å². The number of hydrogen-bond acceptors (Lipinski definition) is 2. The molecular formula is C17H18S2. The lowest BCUT2D eigenvalue weighted by atomic mass is 10.0. The first-order chi connectivity index (χ1) is 9.12. The second-order valence-electron chi connectivity index (χ2n) is 5.62. The van der Waals surface area contributed by atoms with Gasteiger partial charge in [0.15, 0.2) is 0 Å². The number of allylic oxidation sites excluding steroid dienone is 4. The summed E-state index contributed by atoms with van der Waals surface area (Å²) >= 11 is 9.45. The van der Waals surface area contributed by atoms with Gasteiger partial charge in [-0.2, -0.15) is 0 Å². The summed E-state index contributed by atoms with van der Waals surface area (Å²) in [4.78, 5) is 2.01. The Kier molecular flexibility index (Phi) is 3.40. The summed E-state index contributed by atoms with van der Waals surface area (Å²) < 4.78 is 0. The standard InChI is InChI=1S/C17H18S2/c1-17-10-6-5-9-13(14(17)11-17)16(19)15(18)12-7-3-2-4-8-12/h2-4,6-10,14,18-19H,5,11H2,1H3/b16-15-. The Balaban J connectivity index is 1.96. The van der Waals surface area contributed by atoms with Crippen molar-refractivity contribution < 1.29 is 0 Å². The Morgan fingerprint density at radius 1 is 1.16 bits per heavy atom. The maximum atomic E-state index is 4.76. The van der Waals surface area contributed by atoms with Gasteiger partial charge in [-0.1, -0.05) is 55.5 Å². The molecule has 2 unspecified atom stereocenters. The van der Waals surface area contributed by atoms with Crippen molar-refractivity contribution in [2.75, 3.05) is 0 Å². The molecule has 0 amide bonds. The van der Waals surface area contributed by atoms with Crippen molar-refractivity contribution in [1.82, 2.24) is 0 Å². The quantitative estimate of drug-likeness (QED) is 0.546. The minimum Gasteiger partial charge on any atom is -0.142 e. The van der Waals surface area contributed by atoms with Crippen molar-refractivity contribution in [2.45, 2.75) is 19.8 Å². The molecule has 1 fully saturated rings. The topological polar surface area (TPSA) is 0 Å². The summed E-state index contributed by atoms with van der Waals surface area (Å²) in [6.07, 6.45) is 9.18. The Morgan fingerprint density at radius 3 is 2.63 bits per heavy atom. The van der Waals surface area contributed by atoms with Gasteiger partial charge in [0.1, 0.15) is 0 Å². The lowest BCUT2D eigenvalue weighted by molar-refractivity contribution is 0.687. The molecule has 2 heteroatoms. The van der Waals surface area contributed by atoms with Crippen LogP contribution in [0.15, 0.2) is 59.0 Å². The average molecular weight is 286 g/mol. The predicted molar refractivity (Wildman–Crippen MR) is 89.4 cm³/mol. The van der Waals surface area contributed by atoms with Crippen LogP contribution in [0.2, 0.25) is 0 Å². The zero-order valence-electron chi connectivity index (χ0n) is 11.0. The van der Waals surface area contributed by atoms with E-state index in [2.05, 4.69) is 49.9 Å². The first-order valence-electron chi connectivity index (χ1n) is 6.67. The molecule has 1 saturated carbocycles. The molecule has 0 nitrogen and oxygen atoms in total. The average Bonchev–Trinajstić information content (AvgIpc) is 3.11. The van der Waals surface area contributed by atoms with Crippen LogP contribution in [-0.4, -0.2) is 0 Å². The minimum atomic E-state index is 0.348. The number of thiol groups is 2. The highest BCUT2D eigenvalue weighted by molar-refractivity contribution is 7.93. The summed E-state index contributed by atoms with van der Waals surface area (Å²) in [7, 11) is 0. The van der Waals surface area contributed by atoms with Crippen molar-refractivity contribution in [3.8, 4) is 0 Å². The summed E-state index contributed by atoms with van der Waals surface area (Å²) in [5.41, 5.74) is 2.85. The summed E-state index contributed by atoms with van der Waals surface area (Å²) in [6, 6.07) is 10.3. The molecule has 2 aliphatic carbocycles. The van der Waals surface area contributed by atoms with E-state index in [1.165, 1.54) is 12.0 Å². The molecular weight excluding hydrogens is 268 g/mol. The third-order valence-corrected chi connectivity index (χ3v) is 5.31. The van der Waals surface area contributed by atoms with Gasteiger partial charge in [0, 0.05) is 9.81 Å². The molecule has 0 radical (unpaired) electrons. The van der Waals surface area contributed by atoms with E-state index in [1.54, 1.807) is 0 Å². The van der Waals surface area contributed by atoms with Gasteiger partial charge in [0.25, 0.3) is 0 Å². The SMILES string of the molecule is CC12C=CCC=C(/C(S)=C(/S)c3ccccc3)C1C2. The van der Waals surface area contributed by atoms with Gasteiger partial charge in [-0.3, -0.25) is 0 Å². The molecule has 0 bridgehead atoms. The Hall–Kier alpha value is -0.860. The fraction of sp³-hybridized carbons (Fsp3) is 0.294. The van der Waals surface area contributed by atoms with Gasteiger partial charge in [0.05, 0.1) is 0 Å². The fourth-order valence-electron chi connectivity index (χ4n) is 2.84. The molecule has 0 aromatic heterocycles. The maximum absolute atomic E-state index is 4.76. The van der Waals surface area contributed by atoms with Crippen molar-refractivity contribution in [3.63, 3.8) is 0 Å².